The van der Waals surface area contributed by atoms with E-state index in [0.29, 0.717) is 19.1 Å². The molecule has 3 rings (SSSR count). The number of non-ortho nitro benzene ring substituents is 1. The van der Waals surface area contributed by atoms with Crippen LogP contribution in [0.4, 0.5) is 11.4 Å². The minimum absolute atomic E-state index is 0.116. The number of benzene rings is 1. The van der Waals surface area contributed by atoms with Crippen molar-refractivity contribution in [2.45, 2.75) is 26.4 Å². The minimum Gasteiger partial charge on any atom is -0.383 e. The van der Waals surface area contributed by atoms with Gasteiger partial charge >= 0.3 is 0 Å². The highest BCUT2D eigenvalue weighted by atomic mass is 16.6. The predicted molar refractivity (Wildman–Crippen MR) is 104 cm³/mol. The fourth-order valence-corrected chi connectivity index (χ4v) is 3.69. The number of aromatic nitrogens is 4. The van der Waals surface area contributed by atoms with Crippen LogP contribution in [-0.2, 0) is 11.3 Å². The molecule has 0 amide bonds. The van der Waals surface area contributed by atoms with Crippen molar-refractivity contribution in [2.75, 3.05) is 44.8 Å². The third-order valence-corrected chi connectivity index (χ3v) is 5.10. The molecule has 2 aromatic rings. The molecule has 0 spiro atoms. The summed E-state index contributed by atoms with van der Waals surface area (Å²) in [5, 5.41) is 23.1. The molecule has 2 heterocycles. The lowest BCUT2D eigenvalue weighted by Gasteiger charge is -2.41. The first kappa shape index (κ1) is 20.2. The van der Waals surface area contributed by atoms with Gasteiger partial charge in [-0.3, -0.25) is 15.0 Å². The predicted octanol–water partition coefficient (Wildman–Crippen LogP) is 1.75. The van der Waals surface area contributed by atoms with E-state index in [1.165, 1.54) is 0 Å². The highest BCUT2D eigenvalue weighted by molar-refractivity contribution is 5.51. The quantitative estimate of drug-likeness (QED) is 0.497. The van der Waals surface area contributed by atoms with Crippen molar-refractivity contribution in [2.24, 2.45) is 5.92 Å². The zero-order valence-corrected chi connectivity index (χ0v) is 16.6. The smallest absolute Gasteiger partial charge is 0.269 e. The summed E-state index contributed by atoms with van der Waals surface area (Å²) in [7, 11) is 1.67. The SMILES string of the molecule is COCCn1nnnc1[C@H](C(C)C)N1CCN(c2ccc([N+](=O)[O-])cc2)CC1. The molecule has 0 N–H and O–H groups in total. The molecular formula is C18H27N7O3. The monoisotopic (exact) mass is 389 g/mol. The van der Waals surface area contributed by atoms with Crippen LogP contribution >= 0.6 is 0 Å². The van der Waals surface area contributed by atoms with E-state index in [0.717, 1.165) is 37.7 Å². The number of nitro benzene ring substituents is 1. The summed E-state index contributed by atoms with van der Waals surface area (Å²) in [6, 6.07) is 6.88. The summed E-state index contributed by atoms with van der Waals surface area (Å²) in [6.07, 6.45) is 0. The standard InChI is InChI=1S/C18H27N7O3/c1-14(2)17(18-19-20-21-24(18)12-13-28-3)23-10-8-22(9-11-23)15-4-6-16(7-5-15)25(26)27/h4-7,14,17H,8-13H2,1-3H3/t17-/m0/s1. The normalized spacial score (nSPS) is 16.5. The first-order valence-corrected chi connectivity index (χ1v) is 9.49. The molecule has 0 aliphatic carbocycles. The minimum atomic E-state index is -0.372. The van der Waals surface area contributed by atoms with Gasteiger partial charge in [0.1, 0.15) is 0 Å². The lowest BCUT2D eigenvalue weighted by atomic mass is 10.0. The fraction of sp³-hybridized carbons (Fsp3) is 0.611. The van der Waals surface area contributed by atoms with Crippen LogP contribution in [0, 0.1) is 16.0 Å². The summed E-state index contributed by atoms with van der Waals surface area (Å²) in [5.41, 5.74) is 1.13. The number of nitro groups is 1. The average molecular weight is 389 g/mol. The largest absolute Gasteiger partial charge is 0.383 e. The third-order valence-electron chi connectivity index (χ3n) is 5.10. The maximum atomic E-state index is 10.8. The second-order valence-electron chi connectivity index (χ2n) is 7.24. The Morgan fingerprint density at radius 3 is 2.43 bits per heavy atom. The Labute approximate surface area is 164 Å². The van der Waals surface area contributed by atoms with Gasteiger partial charge in [0.2, 0.25) is 0 Å². The number of rotatable bonds is 8. The van der Waals surface area contributed by atoms with Crippen LogP contribution in [0.5, 0.6) is 0 Å². The number of hydrogen-bond donors (Lipinski definition) is 0. The Kier molecular flexibility index (Phi) is 6.53. The van der Waals surface area contributed by atoms with Gasteiger partial charge in [0.05, 0.1) is 24.1 Å². The van der Waals surface area contributed by atoms with Gasteiger partial charge in [-0.25, -0.2) is 4.68 Å². The molecule has 0 saturated carbocycles. The van der Waals surface area contributed by atoms with E-state index in [2.05, 4.69) is 39.2 Å². The van der Waals surface area contributed by atoms with Crippen molar-refractivity contribution in [1.82, 2.24) is 25.1 Å². The fourth-order valence-electron chi connectivity index (χ4n) is 3.69. The molecule has 1 aliphatic rings. The molecule has 0 bridgehead atoms. The number of nitrogens with zero attached hydrogens (tertiary/aromatic N) is 7. The second-order valence-corrected chi connectivity index (χ2v) is 7.24. The van der Waals surface area contributed by atoms with E-state index in [1.54, 1.807) is 19.2 Å². The van der Waals surface area contributed by atoms with Crippen LogP contribution in [0.15, 0.2) is 24.3 Å². The molecule has 1 aromatic carbocycles. The Morgan fingerprint density at radius 1 is 1.18 bits per heavy atom. The van der Waals surface area contributed by atoms with Crippen LogP contribution < -0.4 is 4.90 Å². The van der Waals surface area contributed by atoms with Crippen LogP contribution in [-0.4, -0.2) is 69.9 Å². The van der Waals surface area contributed by atoms with Gasteiger partial charge in [-0.1, -0.05) is 13.8 Å². The molecule has 1 aromatic heterocycles. The van der Waals surface area contributed by atoms with E-state index in [9.17, 15) is 10.1 Å². The Balaban J connectivity index is 1.68. The number of tetrazole rings is 1. The number of ether oxygens (including phenoxy) is 1. The molecule has 1 saturated heterocycles. The summed E-state index contributed by atoms with van der Waals surface area (Å²) in [4.78, 5) is 15.1. The van der Waals surface area contributed by atoms with Gasteiger partial charge in [0.25, 0.3) is 5.69 Å². The molecule has 0 unspecified atom stereocenters. The number of anilines is 1. The first-order valence-electron chi connectivity index (χ1n) is 9.49. The van der Waals surface area contributed by atoms with Gasteiger partial charge in [0, 0.05) is 51.1 Å². The van der Waals surface area contributed by atoms with Gasteiger partial charge in [-0.15, -0.1) is 5.10 Å². The Morgan fingerprint density at radius 2 is 1.86 bits per heavy atom. The zero-order chi connectivity index (χ0) is 20.1. The van der Waals surface area contributed by atoms with Crippen molar-refractivity contribution in [1.29, 1.82) is 0 Å². The van der Waals surface area contributed by atoms with E-state index in [1.807, 2.05) is 16.8 Å². The molecule has 28 heavy (non-hydrogen) atoms. The van der Waals surface area contributed by atoms with E-state index in [4.69, 9.17) is 4.74 Å². The zero-order valence-electron chi connectivity index (χ0n) is 16.6. The number of piperazine rings is 1. The Bertz CT molecular complexity index is 770. The van der Waals surface area contributed by atoms with Crippen LogP contribution in [0.25, 0.3) is 0 Å². The van der Waals surface area contributed by atoms with Crippen LogP contribution in [0.2, 0.25) is 0 Å². The maximum absolute atomic E-state index is 10.8. The number of hydrogen-bond acceptors (Lipinski definition) is 8. The average Bonchev–Trinajstić information content (AvgIpc) is 3.15. The summed E-state index contributed by atoms with van der Waals surface area (Å²) >= 11 is 0. The van der Waals surface area contributed by atoms with E-state index in [-0.39, 0.29) is 16.7 Å². The van der Waals surface area contributed by atoms with Gasteiger partial charge < -0.3 is 9.64 Å². The van der Waals surface area contributed by atoms with Crippen molar-refractivity contribution >= 4 is 11.4 Å². The lowest BCUT2D eigenvalue weighted by Crippen LogP contribution is -2.49. The third kappa shape index (κ3) is 4.45. The van der Waals surface area contributed by atoms with Crippen molar-refractivity contribution in [3.63, 3.8) is 0 Å². The highest BCUT2D eigenvalue weighted by Crippen LogP contribution is 2.29. The van der Waals surface area contributed by atoms with Crippen molar-refractivity contribution in [3.8, 4) is 0 Å². The second kappa shape index (κ2) is 9.07. The summed E-state index contributed by atoms with van der Waals surface area (Å²) in [6.45, 7) is 9.00. The van der Waals surface area contributed by atoms with Crippen molar-refractivity contribution < 1.29 is 9.66 Å². The maximum Gasteiger partial charge on any atom is 0.269 e. The first-order chi connectivity index (χ1) is 13.5. The van der Waals surface area contributed by atoms with E-state index < -0.39 is 0 Å². The molecule has 1 fully saturated rings. The molecular weight excluding hydrogens is 362 g/mol. The van der Waals surface area contributed by atoms with Crippen LogP contribution in [0.3, 0.4) is 0 Å². The molecule has 10 nitrogen and oxygen atoms in total. The van der Waals surface area contributed by atoms with Crippen LogP contribution in [0.1, 0.15) is 25.7 Å². The molecule has 1 atom stereocenters. The van der Waals surface area contributed by atoms with Gasteiger partial charge in [-0.2, -0.15) is 0 Å². The van der Waals surface area contributed by atoms with Crippen molar-refractivity contribution in [3.05, 3.63) is 40.2 Å². The molecule has 152 valence electrons. The van der Waals surface area contributed by atoms with Gasteiger partial charge in [0.15, 0.2) is 5.82 Å². The lowest BCUT2D eigenvalue weighted by molar-refractivity contribution is -0.384. The topological polar surface area (TPSA) is 102 Å². The highest BCUT2D eigenvalue weighted by Gasteiger charge is 2.31. The number of methoxy groups -OCH3 is 1. The molecule has 1 aliphatic heterocycles. The summed E-state index contributed by atoms with van der Waals surface area (Å²) in [5.74, 6) is 1.23. The molecule has 0 radical (unpaired) electrons. The summed E-state index contributed by atoms with van der Waals surface area (Å²) < 4.78 is 6.99. The van der Waals surface area contributed by atoms with Gasteiger partial charge in [-0.05, 0) is 28.5 Å². The molecule has 10 heteroatoms. The van der Waals surface area contributed by atoms with E-state index >= 15 is 0 Å². The Hall–Kier alpha value is -2.59.